The van der Waals surface area contributed by atoms with E-state index in [1.165, 1.54) is 0 Å². The van der Waals surface area contributed by atoms with E-state index in [1.807, 2.05) is 45.8 Å². The summed E-state index contributed by atoms with van der Waals surface area (Å²) in [7, 11) is 1.64. The number of amides is 1. The van der Waals surface area contributed by atoms with Crippen LogP contribution in [-0.4, -0.2) is 50.4 Å². The monoisotopic (exact) mass is 476 g/mol. The predicted octanol–water partition coefficient (Wildman–Crippen LogP) is 4.92. The zero-order valence-electron chi connectivity index (χ0n) is 19.0. The number of nitrogens with zero attached hydrogens (tertiary/aromatic N) is 5. The van der Waals surface area contributed by atoms with Crippen LogP contribution in [-0.2, 0) is 4.79 Å². The molecule has 1 aliphatic rings. The number of piperidine rings is 1. The first-order valence-electron chi connectivity index (χ1n) is 11.2. The zero-order valence-corrected chi connectivity index (χ0v) is 19.8. The molecule has 8 nitrogen and oxygen atoms in total. The van der Waals surface area contributed by atoms with Gasteiger partial charge in [0.05, 0.1) is 35.9 Å². The van der Waals surface area contributed by atoms with Gasteiger partial charge in [-0.2, -0.15) is 0 Å². The minimum Gasteiger partial charge on any atom is -0.495 e. The number of hydrogen-bond acceptors (Lipinski definition) is 6. The molecule has 0 radical (unpaired) electrons. The molecular weight excluding hydrogens is 452 g/mol. The van der Waals surface area contributed by atoms with Gasteiger partial charge in [0.2, 0.25) is 11.9 Å². The average Bonchev–Trinajstić information content (AvgIpc) is 3.29. The Morgan fingerprint density at radius 2 is 2.09 bits per heavy atom. The Balaban J connectivity index is 1.42. The van der Waals surface area contributed by atoms with Gasteiger partial charge in [-0.1, -0.05) is 23.7 Å². The van der Waals surface area contributed by atoms with Crippen LogP contribution >= 0.6 is 11.6 Å². The number of carbonyl (C=O) groups excluding carboxylic acids is 1. The summed E-state index contributed by atoms with van der Waals surface area (Å²) in [6, 6.07) is 11.8. The van der Waals surface area contributed by atoms with Crippen LogP contribution in [0.15, 0.2) is 55.0 Å². The maximum absolute atomic E-state index is 11.8. The van der Waals surface area contributed by atoms with Gasteiger partial charge in [0.15, 0.2) is 0 Å². The van der Waals surface area contributed by atoms with E-state index in [0.29, 0.717) is 22.4 Å². The highest BCUT2D eigenvalue weighted by Gasteiger charge is 2.24. The summed E-state index contributed by atoms with van der Waals surface area (Å²) in [6.45, 7) is 3.18. The Morgan fingerprint density at radius 3 is 2.91 bits per heavy atom. The Hall–Kier alpha value is -3.65. The summed E-state index contributed by atoms with van der Waals surface area (Å²) in [5.74, 6) is 1.50. The van der Waals surface area contributed by atoms with Crippen LogP contribution in [0.1, 0.15) is 31.2 Å². The number of hydrogen-bond donors (Lipinski definition) is 1. The maximum atomic E-state index is 11.8. The van der Waals surface area contributed by atoms with E-state index in [4.69, 9.17) is 16.3 Å². The lowest BCUT2D eigenvalue weighted by molar-refractivity contribution is -0.130. The highest BCUT2D eigenvalue weighted by Crippen LogP contribution is 2.35. The molecule has 0 aliphatic carbocycles. The molecule has 5 rings (SSSR count). The summed E-state index contributed by atoms with van der Waals surface area (Å²) in [6.07, 6.45) is 7.29. The average molecular weight is 477 g/mol. The SMILES string of the molecule is COc1cc(C2CCCN(C(C)=O)C2)ccc1Nc1ncc(Cl)c(-c2cnc3ccccn23)n1. The highest BCUT2D eigenvalue weighted by atomic mass is 35.5. The summed E-state index contributed by atoms with van der Waals surface area (Å²) in [5.41, 5.74) is 4.07. The molecule has 4 aromatic rings. The van der Waals surface area contributed by atoms with E-state index in [2.05, 4.69) is 26.3 Å². The smallest absolute Gasteiger partial charge is 0.227 e. The van der Waals surface area contributed by atoms with Gasteiger partial charge in [0.1, 0.15) is 17.1 Å². The Labute approximate surface area is 202 Å². The first kappa shape index (κ1) is 22.2. The molecule has 3 aromatic heterocycles. The number of rotatable bonds is 5. The van der Waals surface area contributed by atoms with Crippen LogP contribution in [0.5, 0.6) is 5.75 Å². The number of nitrogens with one attached hydrogen (secondary N) is 1. The van der Waals surface area contributed by atoms with Crippen LogP contribution in [0.4, 0.5) is 11.6 Å². The zero-order chi connectivity index (χ0) is 23.7. The topological polar surface area (TPSA) is 84.6 Å². The molecular formula is C25H25ClN6O2. The van der Waals surface area contributed by atoms with Crippen molar-refractivity contribution in [2.45, 2.75) is 25.7 Å². The van der Waals surface area contributed by atoms with Crippen LogP contribution in [0, 0.1) is 0 Å². The van der Waals surface area contributed by atoms with Gasteiger partial charge in [-0.15, -0.1) is 0 Å². The molecule has 0 spiro atoms. The minimum atomic E-state index is 0.122. The lowest BCUT2D eigenvalue weighted by Gasteiger charge is -2.32. The Kier molecular flexibility index (Phi) is 6.06. The Morgan fingerprint density at radius 1 is 1.21 bits per heavy atom. The van der Waals surface area contributed by atoms with E-state index in [-0.39, 0.29) is 11.8 Å². The molecule has 0 saturated carbocycles. The predicted molar refractivity (Wildman–Crippen MR) is 132 cm³/mol. The quantitative estimate of drug-likeness (QED) is 0.440. The Bertz CT molecular complexity index is 1350. The second kappa shape index (κ2) is 9.30. The number of likely N-dealkylation sites (tertiary alicyclic amines) is 1. The van der Waals surface area contributed by atoms with Crippen molar-refractivity contribution in [3.63, 3.8) is 0 Å². The van der Waals surface area contributed by atoms with Gasteiger partial charge < -0.3 is 15.0 Å². The van der Waals surface area contributed by atoms with Gasteiger partial charge in [-0.05, 0) is 42.7 Å². The largest absolute Gasteiger partial charge is 0.495 e. The minimum absolute atomic E-state index is 0.122. The number of benzene rings is 1. The van der Waals surface area contributed by atoms with Crippen molar-refractivity contribution in [3.8, 4) is 17.1 Å². The number of anilines is 2. The molecule has 1 N–H and O–H groups in total. The molecule has 34 heavy (non-hydrogen) atoms. The van der Waals surface area contributed by atoms with Gasteiger partial charge >= 0.3 is 0 Å². The number of imidazole rings is 1. The fourth-order valence-electron chi connectivity index (χ4n) is 4.44. The summed E-state index contributed by atoms with van der Waals surface area (Å²) >= 11 is 6.44. The molecule has 1 aliphatic heterocycles. The third-order valence-corrected chi connectivity index (χ3v) is 6.49. The molecule has 4 heterocycles. The lowest BCUT2D eigenvalue weighted by Crippen LogP contribution is -2.37. The van der Waals surface area contributed by atoms with E-state index in [0.717, 1.165) is 48.5 Å². The molecule has 1 saturated heterocycles. The summed E-state index contributed by atoms with van der Waals surface area (Å²) in [5, 5.41) is 3.69. The van der Waals surface area contributed by atoms with Crippen molar-refractivity contribution < 1.29 is 9.53 Å². The van der Waals surface area contributed by atoms with Crippen molar-refractivity contribution >= 4 is 34.8 Å². The van der Waals surface area contributed by atoms with Crippen molar-refractivity contribution in [2.24, 2.45) is 0 Å². The molecule has 0 bridgehead atoms. The second-order valence-electron chi connectivity index (χ2n) is 8.35. The fourth-order valence-corrected chi connectivity index (χ4v) is 4.62. The van der Waals surface area contributed by atoms with Crippen molar-refractivity contribution in [2.75, 3.05) is 25.5 Å². The number of pyridine rings is 1. The van der Waals surface area contributed by atoms with Gasteiger partial charge in [-0.3, -0.25) is 9.20 Å². The van der Waals surface area contributed by atoms with E-state index < -0.39 is 0 Å². The van der Waals surface area contributed by atoms with Crippen LogP contribution in [0.25, 0.3) is 17.0 Å². The fraction of sp³-hybridized carbons (Fsp3) is 0.280. The molecule has 174 valence electrons. The van der Waals surface area contributed by atoms with Crippen molar-refractivity contribution in [1.29, 1.82) is 0 Å². The van der Waals surface area contributed by atoms with E-state index >= 15 is 0 Å². The van der Waals surface area contributed by atoms with E-state index in [1.54, 1.807) is 26.4 Å². The van der Waals surface area contributed by atoms with Crippen LogP contribution in [0.3, 0.4) is 0 Å². The molecule has 1 unspecified atom stereocenters. The summed E-state index contributed by atoms with van der Waals surface area (Å²) < 4.78 is 7.60. The van der Waals surface area contributed by atoms with Crippen molar-refractivity contribution in [3.05, 3.63) is 65.6 Å². The van der Waals surface area contributed by atoms with Crippen LogP contribution in [0.2, 0.25) is 5.02 Å². The number of halogens is 1. The lowest BCUT2D eigenvalue weighted by atomic mass is 9.90. The first-order chi connectivity index (χ1) is 16.5. The maximum Gasteiger partial charge on any atom is 0.227 e. The van der Waals surface area contributed by atoms with Crippen LogP contribution < -0.4 is 10.1 Å². The first-order valence-corrected chi connectivity index (χ1v) is 11.6. The highest BCUT2D eigenvalue weighted by molar-refractivity contribution is 6.32. The number of aromatic nitrogens is 4. The number of fused-ring (bicyclic) bond motifs is 1. The summed E-state index contributed by atoms with van der Waals surface area (Å²) in [4.78, 5) is 27.2. The molecule has 1 aromatic carbocycles. The molecule has 1 amide bonds. The molecule has 1 fully saturated rings. The number of carbonyl (C=O) groups is 1. The third-order valence-electron chi connectivity index (χ3n) is 6.21. The molecule has 9 heteroatoms. The normalized spacial score (nSPS) is 16.0. The van der Waals surface area contributed by atoms with Crippen molar-refractivity contribution in [1.82, 2.24) is 24.3 Å². The third kappa shape index (κ3) is 4.28. The number of methoxy groups -OCH3 is 1. The second-order valence-corrected chi connectivity index (χ2v) is 8.76. The molecule has 1 atom stereocenters. The van der Waals surface area contributed by atoms with E-state index in [9.17, 15) is 4.79 Å². The van der Waals surface area contributed by atoms with Gasteiger partial charge in [0, 0.05) is 32.1 Å². The van der Waals surface area contributed by atoms with Gasteiger partial charge in [-0.25, -0.2) is 15.0 Å². The number of ether oxygens (including phenoxy) is 1. The van der Waals surface area contributed by atoms with Gasteiger partial charge in [0.25, 0.3) is 0 Å². The standard InChI is InChI=1S/C25H25ClN6O2/c1-16(33)31-10-5-6-18(15-31)17-8-9-20(22(12-17)34-2)29-25-28-13-19(26)24(30-25)21-14-27-23-7-3-4-11-32(21)23/h3-4,7-9,11-14,18H,5-6,10,15H2,1-2H3,(H,28,29,30).